The lowest BCUT2D eigenvalue weighted by atomic mass is 10.2. The van der Waals surface area contributed by atoms with Gasteiger partial charge in [-0.25, -0.2) is 9.97 Å². The molecule has 0 radical (unpaired) electrons. The Kier molecular flexibility index (Phi) is 4.15. The van der Waals surface area contributed by atoms with Crippen LogP contribution in [0.1, 0.15) is 18.7 Å². The summed E-state index contributed by atoms with van der Waals surface area (Å²) >= 11 is 5.61. The first-order chi connectivity index (χ1) is 8.86. The van der Waals surface area contributed by atoms with E-state index in [2.05, 4.69) is 9.97 Å². The highest BCUT2D eigenvalue weighted by molar-refractivity contribution is 6.29. The third-order valence-electron chi connectivity index (χ3n) is 2.83. The van der Waals surface area contributed by atoms with Crippen LogP contribution < -0.4 is 4.90 Å². The van der Waals surface area contributed by atoms with E-state index in [9.17, 15) is 13.2 Å². The molecule has 19 heavy (non-hydrogen) atoms. The second kappa shape index (κ2) is 5.50. The van der Waals surface area contributed by atoms with Crippen molar-refractivity contribution in [3.05, 3.63) is 17.0 Å². The van der Waals surface area contributed by atoms with Crippen LogP contribution in [0.4, 0.5) is 19.0 Å². The zero-order valence-electron chi connectivity index (χ0n) is 10.2. The number of likely N-dealkylation sites (N-methyl/N-ethyl adjacent to an activating group) is 1. The zero-order chi connectivity index (χ0) is 14.0. The zero-order valence-corrected chi connectivity index (χ0v) is 11.0. The third-order valence-corrected chi connectivity index (χ3v) is 3.02. The quantitative estimate of drug-likeness (QED) is 0.804. The second-order valence-electron chi connectivity index (χ2n) is 4.39. The Bertz CT molecular complexity index is 449. The summed E-state index contributed by atoms with van der Waals surface area (Å²) < 4.78 is 43.2. The van der Waals surface area contributed by atoms with Gasteiger partial charge in [0.05, 0.1) is 6.10 Å². The summed E-state index contributed by atoms with van der Waals surface area (Å²) in [6.45, 7) is 1.17. The molecule has 1 fully saturated rings. The van der Waals surface area contributed by atoms with Crippen LogP contribution in [0.5, 0.6) is 0 Å². The summed E-state index contributed by atoms with van der Waals surface area (Å²) in [4.78, 5) is 8.28. The van der Waals surface area contributed by atoms with Gasteiger partial charge in [0, 0.05) is 26.3 Å². The number of halogens is 4. The van der Waals surface area contributed by atoms with Crippen LogP contribution in [-0.2, 0) is 10.9 Å². The highest BCUT2D eigenvalue weighted by Gasteiger charge is 2.35. The Morgan fingerprint density at radius 3 is 2.79 bits per heavy atom. The molecule has 1 aromatic heterocycles. The van der Waals surface area contributed by atoms with Gasteiger partial charge in [-0.3, -0.25) is 0 Å². The molecule has 0 N–H and O–H groups in total. The number of hydrogen-bond acceptors (Lipinski definition) is 4. The number of anilines is 1. The number of hydrogen-bond donors (Lipinski definition) is 0. The molecule has 0 saturated carbocycles. The first kappa shape index (κ1) is 14.3. The summed E-state index contributed by atoms with van der Waals surface area (Å²) in [5, 5.41) is -0.225. The molecule has 0 bridgehead atoms. The molecule has 0 aromatic carbocycles. The van der Waals surface area contributed by atoms with Crippen molar-refractivity contribution in [1.29, 1.82) is 0 Å². The standard InChI is InChI=1S/C11H13ClF3N3O/c1-18(6-7-3-2-4-19-7)9-5-8(12)16-10(17-9)11(13,14)15/h5,7H,2-4,6H2,1H3. The van der Waals surface area contributed by atoms with Gasteiger partial charge in [0.2, 0.25) is 5.82 Å². The fourth-order valence-corrected chi connectivity index (χ4v) is 2.09. The van der Waals surface area contributed by atoms with E-state index in [-0.39, 0.29) is 17.1 Å². The van der Waals surface area contributed by atoms with Gasteiger partial charge in [-0.2, -0.15) is 13.2 Å². The van der Waals surface area contributed by atoms with Gasteiger partial charge >= 0.3 is 6.18 Å². The minimum Gasteiger partial charge on any atom is -0.376 e. The van der Waals surface area contributed by atoms with Gasteiger partial charge in [0.25, 0.3) is 0 Å². The van der Waals surface area contributed by atoms with Crippen molar-refractivity contribution >= 4 is 17.4 Å². The number of nitrogens with zero attached hydrogens (tertiary/aromatic N) is 3. The average Bonchev–Trinajstić information content (AvgIpc) is 2.79. The lowest BCUT2D eigenvalue weighted by Crippen LogP contribution is -2.30. The Morgan fingerprint density at radius 2 is 2.21 bits per heavy atom. The highest BCUT2D eigenvalue weighted by atomic mass is 35.5. The van der Waals surface area contributed by atoms with E-state index < -0.39 is 12.0 Å². The largest absolute Gasteiger partial charge is 0.451 e. The predicted molar refractivity (Wildman–Crippen MR) is 64.3 cm³/mol. The monoisotopic (exact) mass is 295 g/mol. The molecule has 4 nitrogen and oxygen atoms in total. The molecule has 0 aliphatic carbocycles. The minimum atomic E-state index is -4.61. The maximum Gasteiger partial charge on any atom is 0.451 e. The molecular weight excluding hydrogens is 283 g/mol. The van der Waals surface area contributed by atoms with Crippen molar-refractivity contribution in [1.82, 2.24) is 9.97 Å². The molecule has 1 atom stereocenters. The van der Waals surface area contributed by atoms with Crippen LogP contribution in [0, 0.1) is 0 Å². The number of alkyl halides is 3. The van der Waals surface area contributed by atoms with E-state index in [1.807, 2.05) is 0 Å². The normalized spacial score (nSPS) is 19.7. The van der Waals surface area contributed by atoms with Gasteiger partial charge in [0.1, 0.15) is 11.0 Å². The number of rotatable bonds is 3. The van der Waals surface area contributed by atoms with E-state index in [0.29, 0.717) is 13.2 Å². The van der Waals surface area contributed by atoms with Crippen LogP contribution in [0.15, 0.2) is 6.07 Å². The number of aromatic nitrogens is 2. The summed E-state index contributed by atoms with van der Waals surface area (Å²) in [5.74, 6) is -1.09. The molecule has 1 aliphatic rings. The van der Waals surface area contributed by atoms with Crippen molar-refractivity contribution in [2.75, 3.05) is 25.1 Å². The lowest BCUT2D eigenvalue weighted by Gasteiger charge is -2.22. The molecule has 2 heterocycles. The molecule has 1 unspecified atom stereocenters. The van der Waals surface area contributed by atoms with Gasteiger partial charge in [-0.1, -0.05) is 11.6 Å². The first-order valence-corrected chi connectivity index (χ1v) is 6.18. The molecule has 0 spiro atoms. The third kappa shape index (κ3) is 3.70. The Labute approximate surface area is 113 Å². The summed E-state index contributed by atoms with van der Waals surface area (Å²) in [7, 11) is 1.65. The smallest absolute Gasteiger partial charge is 0.376 e. The van der Waals surface area contributed by atoms with Crippen molar-refractivity contribution in [3.63, 3.8) is 0 Å². The molecule has 8 heteroatoms. The minimum absolute atomic E-state index is 0.0214. The maximum absolute atomic E-state index is 12.6. The van der Waals surface area contributed by atoms with E-state index in [1.165, 1.54) is 6.07 Å². The maximum atomic E-state index is 12.6. The van der Waals surface area contributed by atoms with Gasteiger partial charge in [0.15, 0.2) is 0 Å². The van der Waals surface area contributed by atoms with E-state index in [1.54, 1.807) is 11.9 Å². The van der Waals surface area contributed by atoms with Crippen molar-refractivity contribution in [2.24, 2.45) is 0 Å². The topological polar surface area (TPSA) is 38.2 Å². The van der Waals surface area contributed by atoms with Crippen LogP contribution in [-0.4, -0.2) is 36.3 Å². The summed E-state index contributed by atoms with van der Waals surface area (Å²) in [6, 6.07) is 1.31. The molecule has 1 aliphatic heterocycles. The van der Waals surface area contributed by atoms with Crippen LogP contribution in [0.25, 0.3) is 0 Å². The van der Waals surface area contributed by atoms with Crippen molar-refractivity contribution in [3.8, 4) is 0 Å². The number of ether oxygens (including phenoxy) is 1. The summed E-state index contributed by atoms with van der Waals surface area (Å²) in [6.07, 6.45) is -2.72. The van der Waals surface area contributed by atoms with Crippen LogP contribution >= 0.6 is 11.6 Å². The van der Waals surface area contributed by atoms with Crippen molar-refractivity contribution in [2.45, 2.75) is 25.1 Å². The molecule has 0 amide bonds. The van der Waals surface area contributed by atoms with Crippen LogP contribution in [0.3, 0.4) is 0 Å². The Morgan fingerprint density at radius 1 is 1.47 bits per heavy atom. The fraction of sp³-hybridized carbons (Fsp3) is 0.636. The molecular formula is C11H13ClF3N3O. The van der Waals surface area contributed by atoms with E-state index in [0.717, 1.165) is 12.8 Å². The fourth-order valence-electron chi connectivity index (χ4n) is 1.92. The van der Waals surface area contributed by atoms with Gasteiger partial charge in [-0.05, 0) is 12.8 Å². The Balaban J connectivity index is 2.16. The van der Waals surface area contributed by atoms with E-state index >= 15 is 0 Å². The molecule has 1 saturated heterocycles. The molecule has 2 rings (SSSR count). The molecule has 106 valence electrons. The van der Waals surface area contributed by atoms with Crippen molar-refractivity contribution < 1.29 is 17.9 Å². The predicted octanol–water partition coefficient (Wildman–Crippen LogP) is 2.76. The molecule has 1 aromatic rings. The lowest BCUT2D eigenvalue weighted by molar-refractivity contribution is -0.144. The van der Waals surface area contributed by atoms with Gasteiger partial charge < -0.3 is 9.64 Å². The van der Waals surface area contributed by atoms with Crippen LogP contribution in [0.2, 0.25) is 5.15 Å². The van der Waals surface area contributed by atoms with Gasteiger partial charge in [-0.15, -0.1) is 0 Å². The summed E-state index contributed by atoms with van der Waals surface area (Å²) in [5.41, 5.74) is 0. The average molecular weight is 296 g/mol. The first-order valence-electron chi connectivity index (χ1n) is 5.81. The highest BCUT2D eigenvalue weighted by Crippen LogP contribution is 2.29. The van der Waals surface area contributed by atoms with E-state index in [4.69, 9.17) is 16.3 Å². The SMILES string of the molecule is CN(CC1CCCO1)c1cc(Cl)nc(C(F)(F)F)n1. The second-order valence-corrected chi connectivity index (χ2v) is 4.77. The Hall–Kier alpha value is -1.08.